The maximum Gasteiger partial charge on any atom is 0.264 e. The zero-order valence-electron chi connectivity index (χ0n) is 12.4. The summed E-state index contributed by atoms with van der Waals surface area (Å²) in [5, 5.41) is 3.63. The van der Waals surface area contributed by atoms with Crippen LogP contribution in [0.15, 0.2) is 18.2 Å². The molecule has 1 aromatic carbocycles. The molecule has 2 rings (SSSR count). The van der Waals surface area contributed by atoms with Crippen LogP contribution in [0.3, 0.4) is 0 Å². The van der Waals surface area contributed by atoms with Crippen molar-refractivity contribution in [2.75, 3.05) is 13.1 Å². The van der Waals surface area contributed by atoms with Crippen LogP contribution in [-0.2, 0) is 9.59 Å². The second-order valence-corrected chi connectivity index (χ2v) is 5.98. The van der Waals surface area contributed by atoms with Crippen molar-refractivity contribution in [2.24, 2.45) is 0 Å². The topological polar surface area (TPSA) is 58.6 Å². The van der Waals surface area contributed by atoms with E-state index in [1.807, 2.05) is 6.92 Å². The molecule has 1 saturated heterocycles. The molecule has 22 heavy (non-hydrogen) atoms. The molecule has 120 valence electrons. The average Bonchev–Trinajstić information content (AvgIpc) is 2.45. The molecule has 2 unspecified atom stereocenters. The number of halogens is 2. The Morgan fingerprint density at radius 1 is 1.41 bits per heavy atom. The van der Waals surface area contributed by atoms with Crippen molar-refractivity contribution in [1.82, 2.24) is 10.2 Å². The molecule has 0 aromatic heterocycles. The molecule has 2 amide bonds. The Kier molecular flexibility index (Phi) is 5.53. The molecule has 1 aliphatic heterocycles. The third-order valence-electron chi connectivity index (χ3n) is 3.50. The van der Waals surface area contributed by atoms with Gasteiger partial charge in [-0.25, -0.2) is 0 Å². The second kappa shape index (κ2) is 7.20. The van der Waals surface area contributed by atoms with Crippen LogP contribution in [0.5, 0.6) is 5.75 Å². The number of benzene rings is 1. The molecule has 1 heterocycles. The molecule has 2 atom stereocenters. The summed E-state index contributed by atoms with van der Waals surface area (Å²) in [6.45, 7) is 4.46. The fourth-order valence-corrected chi connectivity index (χ4v) is 2.97. The van der Waals surface area contributed by atoms with E-state index < -0.39 is 12.1 Å². The number of carbonyl (C=O) groups excluding carboxylic acids is 2. The Bertz CT molecular complexity index is 560. The van der Waals surface area contributed by atoms with Gasteiger partial charge in [-0.1, -0.05) is 30.1 Å². The molecule has 1 aliphatic rings. The minimum atomic E-state index is -0.727. The predicted molar refractivity (Wildman–Crippen MR) is 85.4 cm³/mol. The molecule has 0 radical (unpaired) electrons. The lowest BCUT2D eigenvalue weighted by Crippen LogP contribution is -2.59. The Morgan fingerprint density at radius 2 is 2.05 bits per heavy atom. The van der Waals surface area contributed by atoms with Crippen molar-refractivity contribution < 1.29 is 14.3 Å². The van der Waals surface area contributed by atoms with E-state index in [1.54, 1.807) is 30.0 Å². The van der Waals surface area contributed by atoms with Crippen LogP contribution >= 0.6 is 23.2 Å². The number of hydrogen-bond acceptors (Lipinski definition) is 3. The van der Waals surface area contributed by atoms with Crippen LogP contribution in [0.1, 0.15) is 20.3 Å². The van der Waals surface area contributed by atoms with Gasteiger partial charge in [0.25, 0.3) is 5.91 Å². The standard InChI is InChI=1S/C15H18Cl2N2O3/c1-3-13-14(20)18-4-5-19(13)15(21)9(2)22-12-7-10(16)6-11(17)8-12/h6-9,13H,3-5H2,1-2H3,(H,18,20). The highest BCUT2D eigenvalue weighted by atomic mass is 35.5. The summed E-state index contributed by atoms with van der Waals surface area (Å²) in [6, 6.07) is 4.33. The Hall–Kier alpha value is -1.46. The van der Waals surface area contributed by atoms with E-state index in [0.29, 0.717) is 35.3 Å². The zero-order chi connectivity index (χ0) is 16.3. The van der Waals surface area contributed by atoms with Gasteiger partial charge >= 0.3 is 0 Å². The number of nitrogens with zero attached hydrogens (tertiary/aromatic N) is 1. The summed E-state index contributed by atoms with van der Waals surface area (Å²) in [5.41, 5.74) is 0. The van der Waals surface area contributed by atoms with E-state index in [0.717, 1.165) is 0 Å². The van der Waals surface area contributed by atoms with Crippen LogP contribution < -0.4 is 10.1 Å². The summed E-state index contributed by atoms with van der Waals surface area (Å²) in [6.07, 6.45) is -0.165. The molecule has 0 saturated carbocycles. The minimum Gasteiger partial charge on any atom is -0.481 e. The first-order valence-corrected chi connectivity index (χ1v) is 7.89. The molecule has 0 bridgehead atoms. The molecule has 5 nitrogen and oxygen atoms in total. The Morgan fingerprint density at radius 3 is 2.64 bits per heavy atom. The van der Waals surface area contributed by atoms with Crippen molar-refractivity contribution in [2.45, 2.75) is 32.4 Å². The highest BCUT2D eigenvalue weighted by Gasteiger charge is 2.34. The number of hydrogen-bond donors (Lipinski definition) is 1. The summed E-state index contributed by atoms with van der Waals surface area (Å²) in [4.78, 5) is 25.9. The molecule has 7 heteroatoms. The number of carbonyl (C=O) groups is 2. The van der Waals surface area contributed by atoms with E-state index in [1.165, 1.54) is 0 Å². The van der Waals surface area contributed by atoms with Gasteiger partial charge in [-0.2, -0.15) is 0 Å². The number of amides is 2. The third-order valence-corrected chi connectivity index (χ3v) is 3.93. The van der Waals surface area contributed by atoms with Gasteiger partial charge in [0.05, 0.1) is 0 Å². The quantitative estimate of drug-likeness (QED) is 0.912. The van der Waals surface area contributed by atoms with Gasteiger partial charge in [0.1, 0.15) is 11.8 Å². The predicted octanol–water partition coefficient (Wildman–Crippen LogP) is 2.50. The number of ether oxygens (including phenoxy) is 1. The lowest BCUT2D eigenvalue weighted by molar-refractivity contribution is -0.148. The highest BCUT2D eigenvalue weighted by Crippen LogP contribution is 2.25. The van der Waals surface area contributed by atoms with Crippen molar-refractivity contribution in [3.05, 3.63) is 28.2 Å². The molecule has 0 aliphatic carbocycles. The fourth-order valence-electron chi connectivity index (χ4n) is 2.47. The lowest BCUT2D eigenvalue weighted by Gasteiger charge is -2.36. The molecular formula is C15H18Cl2N2O3. The van der Waals surface area contributed by atoms with Gasteiger partial charge < -0.3 is 15.0 Å². The van der Waals surface area contributed by atoms with Crippen LogP contribution in [0.4, 0.5) is 0 Å². The van der Waals surface area contributed by atoms with Crippen LogP contribution in [0.2, 0.25) is 10.0 Å². The highest BCUT2D eigenvalue weighted by molar-refractivity contribution is 6.34. The molecular weight excluding hydrogens is 327 g/mol. The normalized spacial score (nSPS) is 19.5. The second-order valence-electron chi connectivity index (χ2n) is 5.11. The van der Waals surface area contributed by atoms with E-state index in [-0.39, 0.29) is 11.8 Å². The van der Waals surface area contributed by atoms with Crippen LogP contribution in [0, 0.1) is 0 Å². The van der Waals surface area contributed by atoms with E-state index >= 15 is 0 Å². The largest absolute Gasteiger partial charge is 0.481 e. The van der Waals surface area contributed by atoms with E-state index in [9.17, 15) is 9.59 Å². The van der Waals surface area contributed by atoms with Gasteiger partial charge in [-0.05, 0) is 31.5 Å². The monoisotopic (exact) mass is 344 g/mol. The first-order valence-electron chi connectivity index (χ1n) is 7.13. The van der Waals surface area contributed by atoms with Crippen molar-refractivity contribution in [3.63, 3.8) is 0 Å². The molecule has 1 N–H and O–H groups in total. The van der Waals surface area contributed by atoms with Crippen molar-refractivity contribution in [3.8, 4) is 5.75 Å². The summed E-state index contributed by atoms with van der Waals surface area (Å²) >= 11 is 11.8. The number of rotatable bonds is 4. The zero-order valence-corrected chi connectivity index (χ0v) is 13.9. The van der Waals surface area contributed by atoms with E-state index in [4.69, 9.17) is 27.9 Å². The first-order chi connectivity index (χ1) is 10.4. The molecule has 0 spiro atoms. The molecule has 1 fully saturated rings. The summed E-state index contributed by atoms with van der Waals surface area (Å²) in [7, 11) is 0. The van der Waals surface area contributed by atoms with Crippen molar-refractivity contribution >= 4 is 35.0 Å². The van der Waals surface area contributed by atoms with Gasteiger partial charge in [0.15, 0.2) is 6.10 Å². The summed E-state index contributed by atoms with van der Waals surface area (Å²) in [5.74, 6) is 0.0748. The average molecular weight is 345 g/mol. The van der Waals surface area contributed by atoms with E-state index in [2.05, 4.69) is 5.32 Å². The fraction of sp³-hybridized carbons (Fsp3) is 0.467. The Balaban J connectivity index is 2.09. The van der Waals surface area contributed by atoms with Crippen molar-refractivity contribution in [1.29, 1.82) is 0 Å². The third kappa shape index (κ3) is 3.84. The number of piperazine rings is 1. The Labute approximate surface area is 139 Å². The SMILES string of the molecule is CCC1C(=O)NCCN1C(=O)C(C)Oc1cc(Cl)cc(Cl)c1. The van der Waals surface area contributed by atoms with Crippen LogP contribution in [-0.4, -0.2) is 41.9 Å². The van der Waals surface area contributed by atoms with Gasteiger partial charge in [0, 0.05) is 23.1 Å². The summed E-state index contributed by atoms with van der Waals surface area (Å²) < 4.78 is 5.63. The van der Waals surface area contributed by atoms with Gasteiger partial charge in [-0.15, -0.1) is 0 Å². The lowest BCUT2D eigenvalue weighted by atomic mass is 10.1. The first kappa shape index (κ1) is 16.9. The maximum absolute atomic E-state index is 12.5. The van der Waals surface area contributed by atoms with Gasteiger partial charge in [-0.3, -0.25) is 9.59 Å². The minimum absolute atomic E-state index is 0.125. The molecule has 1 aromatic rings. The number of nitrogens with one attached hydrogen (secondary N) is 1. The van der Waals surface area contributed by atoms with Gasteiger partial charge in [0.2, 0.25) is 5.91 Å². The maximum atomic E-state index is 12.5. The smallest absolute Gasteiger partial charge is 0.264 e. The van der Waals surface area contributed by atoms with Crippen LogP contribution in [0.25, 0.3) is 0 Å².